The first-order valence-corrected chi connectivity index (χ1v) is 4.76. The standard InChI is InChI=1S/C11H14N2O2.ClH/c1-2-6-13-11(14)5-7-12-9-10-4-3-8-15-10;/h1,3-4,8,12H,5-7,9H2,(H,13,14);1H. The maximum Gasteiger partial charge on any atom is 0.222 e. The van der Waals surface area contributed by atoms with Gasteiger partial charge in [0.25, 0.3) is 0 Å². The summed E-state index contributed by atoms with van der Waals surface area (Å²) in [6.45, 7) is 1.53. The molecule has 0 aliphatic carbocycles. The molecular formula is C11H15ClN2O2. The average molecular weight is 243 g/mol. The van der Waals surface area contributed by atoms with Crippen LogP contribution in [0.25, 0.3) is 0 Å². The lowest BCUT2D eigenvalue weighted by Gasteiger charge is -2.02. The zero-order valence-corrected chi connectivity index (χ0v) is 9.68. The Hall–Kier alpha value is -1.44. The van der Waals surface area contributed by atoms with Crippen molar-refractivity contribution >= 4 is 18.3 Å². The molecule has 0 aromatic carbocycles. The maximum atomic E-state index is 11.1. The first-order chi connectivity index (χ1) is 7.33. The van der Waals surface area contributed by atoms with Crippen molar-refractivity contribution in [2.45, 2.75) is 13.0 Å². The van der Waals surface area contributed by atoms with Crippen molar-refractivity contribution in [1.29, 1.82) is 0 Å². The molecule has 0 spiro atoms. The number of halogens is 1. The molecule has 16 heavy (non-hydrogen) atoms. The molecular weight excluding hydrogens is 228 g/mol. The monoisotopic (exact) mass is 242 g/mol. The fraction of sp³-hybridized carbons (Fsp3) is 0.364. The summed E-state index contributed by atoms with van der Waals surface area (Å²) < 4.78 is 5.12. The highest BCUT2D eigenvalue weighted by molar-refractivity contribution is 5.85. The van der Waals surface area contributed by atoms with E-state index in [0.29, 0.717) is 19.5 Å². The summed E-state index contributed by atoms with van der Waals surface area (Å²) in [5, 5.41) is 5.68. The number of nitrogens with one attached hydrogen (secondary N) is 2. The SMILES string of the molecule is C#CCNC(=O)CCNCc1ccco1.Cl. The van der Waals surface area contributed by atoms with E-state index < -0.39 is 0 Å². The Labute approximate surface area is 101 Å². The highest BCUT2D eigenvalue weighted by Crippen LogP contribution is 1.98. The maximum absolute atomic E-state index is 11.1. The summed E-state index contributed by atoms with van der Waals surface area (Å²) >= 11 is 0. The number of terminal acetylenes is 1. The summed E-state index contributed by atoms with van der Waals surface area (Å²) in [5.74, 6) is 3.16. The van der Waals surface area contributed by atoms with Crippen LogP contribution in [0.1, 0.15) is 12.2 Å². The van der Waals surface area contributed by atoms with Crippen LogP contribution in [0.4, 0.5) is 0 Å². The van der Waals surface area contributed by atoms with Crippen molar-refractivity contribution in [2.75, 3.05) is 13.1 Å². The molecule has 1 heterocycles. The van der Waals surface area contributed by atoms with E-state index in [9.17, 15) is 4.79 Å². The van der Waals surface area contributed by atoms with Gasteiger partial charge in [-0.2, -0.15) is 0 Å². The Morgan fingerprint density at radius 1 is 1.56 bits per heavy atom. The van der Waals surface area contributed by atoms with Crippen LogP contribution in [0.3, 0.4) is 0 Å². The van der Waals surface area contributed by atoms with Crippen molar-refractivity contribution in [3.63, 3.8) is 0 Å². The molecule has 4 nitrogen and oxygen atoms in total. The molecule has 0 unspecified atom stereocenters. The fourth-order valence-electron chi connectivity index (χ4n) is 1.06. The van der Waals surface area contributed by atoms with E-state index in [1.165, 1.54) is 0 Å². The van der Waals surface area contributed by atoms with Gasteiger partial charge in [0.2, 0.25) is 5.91 Å². The van der Waals surface area contributed by atoms with Crippen LogP contribution in [0.15, 0.2) is 22.8 Å². The molecule has 0 atom stereocenters. The van der Waals surface area contributed by atoms with E-state index in [4.69, 9.17) is 10.8 Å². The third-order valence-electron chi connectivity index (χ3n) is 1.80. The van der Waals surface area contributed by atoms with Crippen molar-refractivity contribution in [3.05, 3.63) is 24.2 Å². The molecule has 0 fully saturated rings. The first kappa shape index (κ1) is 14.6. The predicted octanol–water partition coefficient (Wildman–Crippen LogP) is 0.930. The van der Waals surface area contributed by atoms with Gasteiger partial charge in [0.05, 0.1) is 19.4 Å². The van der Waals surface area contributed by atoms with Gasteiger partial charge in [-0.25, -0.2) is 0 Å². The van der Waals surface area contributed by atoms with Crippen LogP contribution in [-0.4, -0.2) is 19.0 Å². The Morgan fingerprint density at radius 3 is 3.00 bits per heavy atom. The third kappa shape index (κ3) is 6.12. The van der Waals surface area contributed by atoms with E-state index in [1.54, 1.807) is 6.26 Å². The van der Waals surface area contributed by atoms with Crippen LogP contribution >= 0.6 is 12.4 Å². The molecule has 0 aliphatic rings. The lowest BCUT2D eigenvalue weighted by molar-refractivity contribution is -0.120. The molecule has 0 saturated carbocycles. The van der Waals surface area contributed by atoms with E-state index in [1.807, 2.05) is 12.1 Å². The molecule has 0 radical (unpaired) electrons. The van der Waals surface area contributed by atoms with Gasteiger partial charge in [-0.3, -0.25) is 4.79 Å². The van der Waals surface area contributed by atoms with Crippen molar-refractivity contribution in [3.8, 4) is 12.3 Å². The molecule has 5 heteroatoms. The van der Waals surface area contributed by atoms with Gasteiger partial charge in [-0.1, -0.05) is 5.92 Å². The highest BCUT2D eigenvalue weighted by atomic mass is 35.5. The highest BCUT2D eigenvalue weighted by Gasteiger charge is 1.99. The number of furan rings is 1. The summed E-state index contributed by atoms with van der Waals surface area (Å²) in [7, 11) is 0. The summed E-state index contributed by atoms with van der Waals surface area (Å²) in [4.78, 5) is 11.1. The molecule has 1 aromatic rings. The molecule has 1 aromatic heterocycles. The quantitative estimate of drug-likeness (QED) is 0.577. The van der Waals surface area contributed by atoms with Crippen molar-refractivity contribution in [1.82, 2.24) is 10.6 Å². The second kappa shape index (κ2) is 8.84. The first-order valence-electron chi connectivity index (χ1n) is 4.76. The van der Waals surface area contributed by atoms with E-state index >= 15 is 0 Å². The molecule has 0 bridgehead atoms. The number of hydrogen-bond acceptors (Lipinski definition) is 3. The van der Waals surface area contributed by atoms with Gasteiger partial charge >= 0.3 is 0 Å². The molecule has 0 saturated heterocycles. The zero-order valence-electron chi connectivity index (χ0n) is 8.86. The molecule has 88 valence electrons. The Bertz CT molecular complexity index is 330. The Kier molecular flexibility index (Phi) is 8.04. The normalized spacial score (nSPS) is 8.94. The second-order valence-electron chi connectivity index (χ2n) is 2.99. The molecule has 0 aliphatic heterocycles. The van der Waals surface area contributed by atoms with E-state index in [2.05, 4.69) is 16.6 Å². The number of amides is 1. The number of hydrogen-bond donors (Lipinski definition) is 2. The van der Waals surface area contributed by atoms with Gasteiger partial charge in [-0.15, -0.1) is 18.8 Å². The van der Waals surface area contributed by atoms with Crippen molar-refractivity contribution in [2.24, 2.45) is 0 Å². The van der Waals surface area contributed by atoms with E-state index in [-0.39, 0.29) is 24.9 Å². The average Bonchev–Trinajstić information content (AvgIpc) is 2.74. The predicted molar refractivity (Wildman–Crippen MR) is 64.1 cm³/mol. The van der Waals surface area contributed by atoms with Gasteiger partial charge in [0.1, 0.15) is 5.76 Å². The summed E-state index contributed by atoms with van der Waals surface area (Å²) in [6.07, 6.45) is 7.04. The second-order valence-corrected chi connectivity index (χ2v) is 2.99. The van der Waals surface area contributed by atoms with E-state index in [0.717, 1.165) is 5.76 Å². The van der Waals surface area contributed by atoms with Gasteiger partial charge in [0.15, 0.2) is 0 Å². The van der Waals surface area contributed by atoms with Crippen molar-refractivity contribution < 1.29 is 9.21 Å². The molecule has 1 rings (SSSR count). The zero-order chi connectivity index (χ0) is 10.9. The van der Waals surface area contributed by atoms with Crippen LogP contribution in [0, 0.1) is 12.3 Å². The summed E-state index contributed by atoms with van der Waals surface area (Å²) in [5.41, 5.74) is 0. The fourth-order valence-corrected chi connectivity index (χ4v) is 1.06. The minimum Gasteiger partial charge on any atom is -0.468 e. The Morgan fingerprint density at radius 2 is 2.38 bits per heavy atom. The van der Waals surface area contributed by atoms with Gasteiger partial charge in [0, 0.05) is 13.0 Å². The number of carbonyl (C=O) groups excluding carboxylic acids is 1. The lowest BCUT2D eigenvalue weighted by atomic mass is 10.3. The van der Waals surface area contributed by atoms with Crippen LogP contribution in [0.5, 0.6) is 0 Å². The molecule has 2 N–H and O–H groups in total. The minimum atomic E-state index is -0.0418. The minimum absolute atomic E-state index is 0. The largest absolute Gasteiger partial charge is 0.468 e. The third-order valence-corrected chi connectivity index (χ3v) is 1.80. The van der Waals surface area contributed by atoms with Crippen LogP contribution in [-0.2, 0) is 11.3 Å². The lowest BCUT2D eigenvalue weighted by Crippen LogP contribution is -2.27. The Balaban J connectivity index is 0.00000225. The molecule has 1 amide bonds. The number of carbonyl (C=O) groups is 1. The number of rotatable bonds is 6. The van der Waals surface area contributed by atoms with Crippen LogP contribution < -0.4 is 10.6 Å². The van der Waals surface area contributed by atoms with Gasteiger partial charge in [-0.05, 0) is 12.1 Å². The topological polar surface area (TPSA) is 54.3 Å². The smallest absolute Gasteiger partial charge is 0.222 e. The van der Waals surface area contributed by atoms with Crippen LogP contribution in [0.2, 0.25) is 0 Å². The summed E-state index contributed by atoms with van der Waals surface area (Å²) in [6, 6.07) is 3.71. The van der Waals surface area contributed by atoms with Gasteiger partial charge < -0.3 is 15.1 Å².